The average Bonchev–Trinajstić information content (AvgIpc) is 3.47. The first kappa shape index (κ1) is 20.0. The minimum Gasteiger partial charge on any atom is -0.494 e. The summed E-state index contributed by atoms with van der Waals surface area (Å²) < 4.78 is 34.8. The van der Waals surface area contributed by atoms with E-state index in [1.54, 1.807) is 41.2 Å². The number of urea groups is 1. The lowest BCUT2D eigenvalue weighted by molar-refractivity contribution is -0.107. The van der Waals surface area contributed by atoms with E-state index in [1.807, 2.05) is 12.2 Å². The smallest absolute Gasteiger partial charge is 0.326 e. The van der Waals surface area contributed by atoms with Crippen LogP contribution in [0.3, 0.4) is 0 Å². The number of hydrogen-bond donors (Lipinski definition) is 2. The average molecular weight is 497 g/mol. The fraction of sp³-hybridized carbons (Fsp3) is 0.391. The third-order valence-corrected chi connectivity index (χ3v) is 6.20. The van der Waals surface area contributed by atoms with Crippen molar-refractivity contribution in [3.8, 4) is 17.1 Å². The Morgan fingerprint density at radius 2 is 2.08 bits per heavy atom. The standard InChI is InChI=1S/C23H27N9O4/c1-23(11-36-12-23)32-9-8-31(22(32)34)17-10-16(18(28-27-17)21(33)24-2)26-15-7-5-6-14(19(15)35-4)20-25-13-30(3)29-20/h5-7,10,13H,8-9,11-12H2,1-4H3,(H,24,33)(H,26,27)/i2D3. The fourth-order valence-electron chi connectivity index (χ4n) is 4.28. The summed E-state index contributed by atoms with van der Waals surface area (Å²) in [6.45, 7) is 0.920. The number of aryl methyl sites for hydroxylation is 1. The topological polar surface area (TPSA) is 140 Å². The van der Waals surface area contributed by atoms with Crippen LogP contribution >= 0.6 is 0 Å². The van der Waals surface area contributed by atoms with E-state index in [0.29, 0.717) is 49.1 Å². The number of hydrogen-bond acceptors (Lipinski definition) is 9. The third-order valence-electron chi connectivity index (χ3n) is 6.20. The summed E-state index contributed by atoms with van der Waals surface area (Å²) in [5.41, 5.74) is 0.461. The van der Waals surface area contributed by atoms with Crippen molar-refractivity contribution in [1.29, 1.82) is 0 Å². The maximum Gasteiger partial charge on any atom is 0.326 e. The number of carbonyl (C=O) groups is 2. The molecule has 0 aliphatic carbocycles. The highest BCUT2D eigenvalue weighted by Gasteiger charge is 2.47. The second-order valence-electron chi connectivity index (χ2n) is 8.75. The Morgan fingerprint density at radius 3 is 2.75 bits per heavy atom. The third kappa shape index (κ3) is 3.96. The van der Waals surface area contributed by atoms with Gasteiger partial charge in [-0.05, 0) is 19.1 Å². The number of para-hydroxylation sites is 1. The predicted octanol–water partition coefficient (Wildman–Crippen LogP) is 1.41. The number of ether oxygens (including phenoxy) is 2. The van der Waals surface area contributed by atoms with Gasteiger partial charge in [-0.15, -0.1) is 10.2 Å². The second kappa shape index (κ2) is 9.07. The zero-order valence-electron chi connectivity index (χ0n) is 23.0. The predicted molar refractivity (Wildman–Crippen MR) is 130 cm³/mol. The molecule has 36 heavy (non-hydrogen) atoms. The molecular formula is C23H27N9O4. The van der Waals surface area contributed by atoms with Gasteiger partial charge >= 0.3 is 6.03 Å². The van der Waals surface area contributed by atoms with E-state index in [1.165, 1.54) is 18.1 Å². The summed E-state index contributed by atoms with van der Waals surface area (Å²) in [4.78, 5) is 33.6. The highest BCUT2D eigenvalue weighted by atomic mass is 16.5. The highest BCUT2D eigenvalue weighted by Crippen LogP contribution is 2.38. The Bertz CT molecular complexity index is 1420. The number of amides is 3. The van der Waals surface area contributed by atoms with Crippen molar-refractivity contribution >= 4 is 29.1 Å². The van der Waals surface area contributed by atoms with Crippen LogP contribution in [-0.4, -0.2) is 87.7 Å². The summed E-state index contributed by atoms with van der Waals surface area (Å²) in [5, 5.41) is 17.5. The number of methoxy groups -OCH3 is 1. The fourth-order valence-corrected chi connectivity index (χ4v) is 4.28. The van der Waals surface area contributed by atoms with E-state index < -0.39 is 18.4 Å². The van der Waals surface area contributed by atoms with Gasteiger partial charge in [0.25, 0.3) is 5.91 Å². The zero-order valence-corrected chi connectivity index (χ0v) is 20.0. The normalized spacial score (nSPS) is 18.2. The molecule has 188 valence electrons. The quantitative estimate of drug-likeness (QED) is 0.497. The van der Waals surface area contributed by atoms with Crippen LogP contribution in [0, 0.1) is 0 Å². The van der Waals surface area contributed by atoms with E-state index in [2.05, 4.69) is 25.6 Å². The molecule has 2 aliphatic heterocycles. The van der Waals surface area contributed by atoms with Crippen LogP contribution in [0.1, 0.15) is 21.5 Å². The summed E-state index contributed by atoms with van der Waals surface area (Å²) in [5.74, 6) is 0.0288. The molecule has 4 heterocycles. The van der Waals surface area contributed by atoms with Crippen molar-refractivity contribution in [1.82, 2.24) is 35.2 Å². The van der Waals surface area contributed by atoms with E-state index in [-0.39, 0.29) is 23.2 Å². The number of carbonyl (C=O) groups excluding carboxylic acids is 2. The lowest BCUT2D eigenvalue weighted by atomic mass is 9.99. The van der Waals surface area contributed by atoms with Crippen molar-refractivity contribution in [3.05, 3.63) is 36.3 Å². The zero-order chi connectivity index (χ0) is 27.9. The van der Waals surface area contributed by atoms with Crippen LogP contribution in [0.15, 0.2) is 30.6 Å². The van der Waals surface area contributed by atoms with Gasteiger partial charge in [-0.1, -0.05) is 6.07 Å². The Balaban J connectivity index is 1.53. The summed E-state index contributed by atoms with van der Waals surface area (Å²) in [6.07, 6.45) is 1.55. The second-order valence-corrected chi connectivity index (χ2v) is 8.75. The first-order chi connectivity index (χ1) is 18.5. The van der Waals surface area contributed by atoms with Gasteiger partial charge in [0, 0.05) is 37.3 Å². The van der Waals surface area contributed by atoms with Crippen LogP contribution in [0.2, 0.25) is 0 Å². The van der Waals surface area contributed by atoms with Crippen LogP contribution in [0.4, 0.5) is 22.0 Å². The molecule has 2 aliphatic rings. The van der Waals surface area contributed by atoms with Gasteiger partial charge in [-0.3, -0.25) is 14.4 Å². The molecule has 2 saturated heterocycles. The van der Waals surface area contributed by atoms with Gasteiger partial charge in [0.15, 0.2) is 23.1 Å². The van der Waals surface area contributed by atoms with Crippen molar-refractivity contribution in [2.24, 2.45) is 7.05 Å². The van der Waals surface area contributed by atoms with Gasteiger partial charge in [-0.25, -0.2) is 9.78 Å². The lowest BCUT2D eigenvalue weighted by Crippen LogP contribution is -2.61. The molecule has 5 rings (SSSR count). The van der Waals surface area contributed by atoms with Gasteiger partial charge in [0.1, 0.15) is 6.33 Å². The molecule has 0 saturated carbocycles. The Kier molecular flexibility index (Phi) is 5.04. The molecule has 3 amide bonds. The molecule has 2 aromatic heterocycles. The number of nitrogens with zero attached hydrogens (tertiary/aromatic N) is 7. The Morgan fingerprint density at radius 1 is 1.25 bits per heavy atom. The first-order valence-electron chi connectivity index (χ1n) is 12.7. The van der Waals surface area contributed by atoms with Crippen LogP contribution in [0.25, 0.3) is 11.4 Å². The van der Waals surface area contributed by atoms with Crippen molar-refractivity contribution in [3.63, 3.8) is 0 Å². The molecule has 13 nitrogen and oxygen atoms in total. The Labute approximate surface area is 211 Å². The summed E-state index contributed by atoms with van der Waals surface area (Å²) in [6, 6.07) is 6.45. The van der Waals surface area contributed by atoms with Crippen LogP contribution in [0.5, 0.6) is 5.75 Å². The molecular weight excluding hydrogens is 466 g/mol. The SMILES string of the molecule is [2H]C([2H])([2H])NC(=O)c1nnc(N2CCN(C3(C)COC3)C2=O)cc1Nc1cccc(-c2ncn(C)n2)c1OC. The number of nitrogens with one attached hydrogen (secondary N) is 2. The number of benzene rings is 1. The molecule has 0 spiro atoms. The monoisotopic (exact) mass is 496 g/mol. The largest absolute Gasteiger partial charge is 0.494 e. The van der Waals surface area contributed by atoms with E-state index in [4.69, 9.17) is 13.6 Å². The van der Waals surface area contributed by atoms with E-state index in [0.717, 1.165) is 0 Å². The van der Waals surface area contributed by atoms with Gasteiger partial charge < -0.3 is 25.0 Å². The van der Waals surface area contributed by atoms with Gasteiger partial charge in [0.2, 0.25) is 0 Å². The molecule has 1 aromatic carbocycles. The molecule has 0 bridgehead atoms. The summed E-state index contributed by atoms with van der Waals surface area (Å²) >= 11 is 0. The van der Waals surface area contributed by atoms with Crippen molar-refractivity contribution in [2.45, 2.75) is 12.5 Å². The molecule has 0 unspecified atom stereocenters. The molecule has 3 aromatic rings. The maximum atomic E-state index is 13.2. The molecule has 0 atom stereocenters. The van der Waals surface area contributed by atoms with Gasteiger partial charge in [0.05, 0.1) is 42.8 Å². The maximum absolute atomic E-state index is 13.2. The molecule has 0 radical (unpaired) electrons. The van der Waals surface area contributed by atoms with Crippen LogP contribution < -0.4 is 20.3 Å². The Hall–Kier alpha value is -4.26. The van der Waals surface area contributed by atoms with E-state index in [9.17, 15) is 9.59 Å². The molecule has 2 fully saturated rings. The first-order valence-corrected chi connectivity index (χ1v) is 11.2. The lowest BCUT2D eigenvalue weighted by Gasteiger charge is -2.44. The highest BCUT2D eigenvalue weighted by molar-refractivity contribution is 6.00. The minimum atomic E-state index is -2.75. The van der Waals surface area contributed by atoms with E-state index >= 15 is 0 Å². The number of rotatable bonds is 7. The van der Waals surface area contributed by atoms with Gasteiger partial charge in [-0.2, -0.15) is 5.10 Å². The van der Waals surface area contributed by atoms with Crippen LogP contribution in [-0.2, 0) is 11.8 Å². The number of aromatic nitrogens is 5. The van der Waals surface area contributed by atoms with Crippen molar-refractivity contribution < 1.29 is 23.2 Å². The van der Waals surface area contributed by atoms with Crippen molar-refractivity contribution in [2.75, 3.05) is 50.6 Å². The number of anilines is 3. The summed E-state index contributed by atoms with van der Waals surface area (Å²) in [7, 11) is 3.22. The molecule has 13 heteroatoms. The minimum absolute atomic E-state index is 0.121. The molecule has 2 N–H and O–H groups in total.